The first-order valence-electron chi connectivity index (χ1n) is 6.03. The molecule has 0 bridgehead atoms. The van der Waals surface area contributed by atoms with Crippen molar-refractivity contribution in [1.82, 2.24) is 15.2 Å². The van der Waals surface area contributed by atoms with Crippen molar-refractivity contribution in [3.63, 3.8) is 0 Å². The van der Waals surface area contributed by atoms with Crippen molar-refractivity contribution in [2.75, 3.05) is 6.61 Å². The lowest BCUT2D eigenvalue weighted by molar-refractivity contribution is 0.340. The molecule has 0 aliphatic rings. The number of halogens is 1. The first kappa shape index (κ1) is 14.0. The summed E-state index contributed by atoms with van der Waals surface area (Å²) in [5.74, 6) is 6.54. The molecule has 0 saturated heterocycles. The topological polar surface area (TPSA) is 65.1 Å². The van der Waals surface area contributed by atoms with Gasteiger partial charge in [-0.05, 0) is 40.5 Å². The fraction of sp³-hybridized carbons (Fsp3) is 0.308. The molecule has 1 heterocycles. The summed E-state index contributed by atoms with van der Waals surface area (Å²) >= 11 is 3.49. The van der Waals surface area contributed by atoms with Gasteiger partial charge in [0.2, 0.25) is 0 Å². The standard InChI is InChI=1S/C13H17BrN4O/c1-3-19-10-6-4-9(5-7-10)12(17-15)13-11(14)8-16-18(13)2/h4-8,12,17H,3,15H2,1-2H3. The number of benzene rings is 1. The summed E-state index contributed by atoms with van der Waals surface area (Å²) in [4.78, 5) is 0. The van der Waals surface area contributed by atoms with Crippen LogP contribution in [-0.2, 0) is 7.05 Å². The van der Waals surface area contributed by atoms with Gasteiger partial charge in [-0.15, -0.1) is 0 Å². The molecule has 0 aliphatic heterocycles. The largest absolute Gasteiger partial charge is 0.494 e. The van der Waals surface area contributed by atoms with Crippen LogP contribution in [0.4, 0.5) is 0 Å². The van der Waals surface area contributed by atoms with Crippen molar-refractivity contribution < 1.29 is 4.74 Å². The van der Waals surface area contributed by atoms with E-state index in [1.54, 1.807) is 10.9 Å². The van der Waals surface area contributed by atoms with Crippen LogP contribution >= 0.6 is 15.9 Å². The maximum absolute atomic E-state index is 5.69. The number of ether oxygens (including phenoxy) is 1. The van der Waals surface area contributed by atoms with Gasteiger partial charge in [-0.2, -0.15) is 5.10 Å². The molecule has 3 N–H and O–H groups in total. The second-order valence-electron chi connectivity index (χ2n) is 4.10. The molecule has 0 radical (unpaired) electrons. The molecule has 6 heteroatoms. The van der Waals surface area contributed by atoms with Crippen molar-refractivity contribution in [2.45, 2.75) is 13.0 Å². The molecule has 1 aromatic heterocycles. The van der Waals surface area contributed by atoms with Crippen molar-refractivity contribution in [3.8, 4) is 5.75 Å². The van der Waals surface area contributed by atoms with Gasteiger partial charge < -0.3 is 4.74 Å². The summed E-state index contributed by atoms with van der Waals surface area (Å²) in [7, 11) is 1.89. The summed E-state index contributed by atoms with van der Waals surface area (Å²) in [6, 6.07) is 7.74. The third kappa shape index (κ3) is 2.97. The number of rotatable bonds is 5. The number of nitrogens with one attached hydrogen (secondary N) is 1. The Labute approximate surface area is 120 Å². The molecular weight excluding hydrogens is 308 g/mol. The monoisotopic (exact) mass is 324 g/mol. The maximum Gasteiger partial charge on any atom is 0.119 e. The van der Waals surface area contributed by atoms with Gasteiger partial charge in [-0.1, -0.05) is 12.1 Å². The molecule has 5 nitrogen and oxygen atoms in total. The highest BCUT2D eigenvalue weighted by Gasteiger charge is 2.19. The summed E-state index contributed by atoms with van der Waals surface area (Å²) in [6.07, 6.45) is 1.76. The van der Waals surface area contributed by atoms with E-state index in [-0.39, 0.29) is 6.04 Å². The second kappa shape index (κ2) is 6.18. The highest BCUT2D eigenvalue weighted by Crippen LogP contribution is 2.28. The van der Waals surface area contributed by atoms with Gasteiger partial charge in [0.05, 0.1) is 29.0 Å². The number of nitrogens with zero attached hydrogens (tertiary/aromatic N) is 2. The fourth-order valence-electron chi connectivity index (χ4n) is 2.00. The Morgan fingerprint density at radius 2 is 2.11 bits per heavy atom. The predicted octanol–water partition coefficient (Wildman–Crippen LogP) is 2.13. The van der Waals surface area contributed by atoms with Crippen LogP contribution < -0.4 is 16.0 Å². The number of aryl methyl sites for hydroxylation is 1. The van der Waals surface area contributed by atoms with E-state index in [0.717, 1.165) is 21.5 Å². The van der Waals surface area contributed by atoms with E-state index in [1.165, 1.54) is 0 Å². The minimum absolute atomic E-state index is 0.127. The van der Waals surface area contributed by atoms with E-state index in [1.807, 2.05) is 38.2 Å². The Morgan fingerprint density at radius 3 is 2.58 bits per heavy atom. The summed E-state index contributed by atoms with van der Waals surface area (Å²) < 4.78 is 8.15. The van der Waals surface area contributed by atoms with Gasteiger partial charge in [0, 0.05) is 7.05 Å². The van der Waals surface area contributed by atoms with Crippen molar-refractivity contribution >= 4 is 15.9 Å². The molecule has 102 valence electrons. The van der Waals surface area contributed by atoms with E-state index in [9.17, 15) is 0 Å². The van der Waals surface area contributed by atoms with Crippen LogP contribution in [-0.4, -0.2) is 16.4 Å². The molecule has 0 fully saturated rings. The average molecular weight is 325 g/mol. The quantitative estimate of drug-likeness (QED) is 0.653. The maximum atomic E-state index is 5.69. The Morgan fingerprint density at radius 1 is 1.42 bits per heavy atom. The minimum Gasteiger partial charge on any atom is -0.494 e. The Hall–Kier alpha value is -1.37. The summed E-state index contributed by atoms with van der Waals surface area (Å²) in [5.41, 5.74) is 4.85. The molecule has 1 aromatic carbocycles. The number of nitrogens with two attached hydrogens (primary N) is 1. The smallest absolute Gasteiger partial charge is 0.119 e. The van der Waals surface area contributed by atoms with E-state index < -0.39 is 0 Å². The normalized spacial score (nSPS) is 12.4. The van der Waals surface area contributed by atoms with E-state index in [2.05, 4.69) is 26.5 Å². The second-order valence-corrected chi connectivity index (χ2v) is 4.96. The van der Waals surface area contributed by atoms with Crippen LogP contribution in [0.5, 0.6) is 5.75 Å². The zero-order valence-electron chi connectivity index (χ0n) is 10.9. The van der Waals surface area contributed by atoms with Crippen LogP contribution in [0, 0.1) is 0 Å². The van der Waals surface area contributed by atoms with Gasteiger partial charge in [0.25, 0.3) is 0 Å². The first-order chi connectivity index (χ1) is 9.17. The van der Waals surface area contributed by atoms with Crippen LogP contribution in [0.25, 0.3) is 0 Å². The highest BCUT2D eigenvalue weighted by atomic mass is 79.9. The third-order valence-corrected chi connectivity index (χ3v) is 3.51. The van der Waals surface area contributed by atoms with Crippen LogP contribution in [0.2, 0.25) is 0 Å². The van der Waals surface area contributed by atoms with Crippen LogP contribution in [0.1, 0.15) is 24.2 Å². The van der Waals surface area contributed by atoms with Crippen LogP contribution in [0.15, 0.2) is 34.9 Å². The summed E-state index contributed by atoms with van der Waals surface area (Å²) in [5, 5.41) is 4.21. The molecule has 0 aliphatic carbocycles. The molecule has 2 aromatic rings. The fourth-order valence-corrected chi connectivity index (χ4v) is 2.58. The van der Waals surface area contributed by atoms with Gasteiger partial charge >= 0.3 is 0 Å². The van der Waals surface area contributed by atoms with Crippen molar-refractivity contribution in [2.24, 2.45) is 12.9 Å². The first-order valence-corrected chi connectivity index (χ1v) is 6.83. The average Bonchev–Trinajstić information content (AvgIpc) is 2.74. The lowest BCUT2D eigenvalue weighted by Gasteiger charge is -2.18. The molecule has 1 atom stereocenters. The summed E-state index contributed by atoms with van der Waals surface area (Å²) in [6.45, 7) is 2.62. The highest BCUT2D eigenvalue weighted by molar-refractivity contribution is 9.10. The van der Waals surface area contributed by atoms with Gasteiger partial charge in [0.15, 0.2) is 0 Å². The molecule has 1 unspecified atom stereocenters. The zero-order valence-corrected chi connectivity index (χ0v) is 12.5. The molecular formula is C13H17BrN4O. The number of hydrogen-bond acceptors (Lipinski definition) is 4. The lowest BCUT2D eigenvalue weighted by atomic mass is 10.0. The van der Waals surface area contributed by atoms with E-state index >= 15 is 0 Å². The Bertz CT molecular complexity index is 519. The van der Waals surface area contributed by atoms with Gasteiger partial charge in [-0.25, -0.2) is 5.43 Å². The predicted molar refractivity (Wildman–Crippen MR) is 77.7 cm³/mol. The molecule has 0 spiro atoms. The number of aromatic nitrogens is 2. The number of hydrazine groups is 1. The van der Waals surface area contributed by atoms with Crippen molar-refractivity contribution in [3.05, 3.63) is 46.2 Å². The number of hydrogen-bond donors (Lipinski definition) is 2. The van der Waals surface area contributed by atoms with Gasteiger partial charge in [0.1, 0.15) is 5.75 Å². The van der Waals surface area contributed by atoms with Gasteiger partial charge in [-0.3, -0.25) is 10.5 Å². The zero-order chi connectivity index (χ0) is 13.8. The minimum atomic E-state index is -0.127. The SMILES string of the molecule is CCOc1ccc(C(NN)c2c(Br)cnn2C)cc1. The van der Waals surface area contributed by atoms with Crippen LogP contribution in [0.3, 0.4) is 0 Å². The van der Waals surface area contributed by atoms with Crippen molar-refractivity contribution in [1.29, 1.82) is 0 Å². The lowest BCUT2D eigenvalue weighted by Crippen LogP contribution is -2.30. The molecule has 19 heavy (non-hydrogen) atoms. The molecule has 0 amide bonds. The Balaban J connectivity index is 2.32. The molecule has 2 rings (SSSR count). The van der Waals surface area contributed by atoms with E-state index in [0.29, 0.717) is 6.61 Å². The third-order valence-electron chi connectivity index (χ3n) is 2.90. The molecule has 0 saturated carbocycles. The van der Waals surface area contributed by atoms with E-state index in [4.69, 9.17) is 10.6 Å². The Kier molecular flexibility index (Phi) is 4.57.